The Labute approximate surface area is 170 Å². The normalized spacial score (nSPS) is 12.1. The minimum atomic E-state index is -4.91. The molecule has 0 aliphatic heterocycles. The zero-order valence-corrected chi connectivity index (χ0v) is 15.6. The van der Waals surface area contributed by atoms with Gasteiger partial charge in [-0.2, -0.15) is 26.3 Å². The third kappa shape index (κ3) is 5.12. The second-order valence-electron chi connectivity index (χ2n) is 6.22. The number of hydrogen-bond donors (Lipinski definition) is 1. The Bertz CT molecular complexity index is 1110. The van der Waals surface area contributed by atoms with E-state index in [4.69, 9.17) is 11.6 Å². The SMILES string of the molecule is O=c1cc(C(F)(F)F)nc(Nc2cccc(C(F)(F)F)c2)n1Cc1ccc(Cl)cc1. The molecule has 0 saturated carbocycles. The lowest BCUT2D eigenvalue weighted by molar-refractivity contribution is -0.141. The fraction of sp³-hybridized carbons (Fsp3) is 0.158. The van der Waals surface area contributed by atoms with Crippen LogP contribution < -0.4 is 10.9 Å². The highest BCUT2D eigenvalue weighted by Gasteiger charge is 2.34. The highest BCUT2D eigenvalue weighted by Crippen LogP contribution is 2.32. The van der Waals surface area contributed by atoms with Crippen LogP contribution >= 0.6 is 11.6 Å². The van der Waals surface area contributed by atoms with Gasteiger partial charge in [0.2, 0.25) is 5.95 Å². The zero-order chi connectivity index (χ0) is 22.1. The third-order valence-electron chi connectivity index (χ3n) is 4.00. The van der Waals surface area contributed by atoms with Gasteiger partial charge >= 0.3 is 12.4 Å². The molecule has 0 bridgehead atoms. The summed E-state index contributed by atoms with van der Waals surface area (Å²) in [4.78, 5) is 15.8. The number of nitrogens with one attached hydrogen (secondary N) is 1. The molecule has 0 aliphatic carbocycles. The van der Waals surface area contributed by atoms with Crippen molar-refractivity contribution in [3.8, 4) is 0 Å². The Morgan fingerprint density at radius 3 is 2.20 bits per heavy atom. The summed E-state index contributed by atoms with van der Waals surface area (Å²) in [5.74, 6) is -0.552. The van der Waals surface area contributed by atoms with Gasteiger partial charge in [-0.1, -0.05) is 29.8 Å². The van der Waals surface area contributed by atoms with Crippen LogP contribution in [0.4, 0.5) is 38.0 Å². The Morgan fingerprint density at radius 1 is 0.933 bits per heavy atom. The van der Waals surface area contributed by atoms with E-state index in [0.717, 1.165) is 16.7 Å². The number of hydrogen-bond acceptors (Lipinski definition) is 3. The molecule has 4 nitrogen and oxygen atoms in total. The molecule has 158 valence electrons. The van der Waals surface area contributed by atoms with Crippen molar-refractivity contribution in [1.29, 1.82) is 0 Å². The molecule has 0 saturated heterocycles. The lowest BCUT2D eigenvalue weighted by Crippen LogP contribution is -2.27. The van der Waals surface area contributed by atoms with Crippen molar-refractivity contribution in [2.45, 2.75) is 18.9 Å². The zero-order valence-electron chi connectivity index (χ0n) is 14.9. The fourth-order valence-corrected chi connectivity index (χ4v) is 2.70. The van der Waals surface area contributed by atoms with Crippen LogP contribution in [0.2, 0.25) is 5.02 Å². The van der Waals surface area contributed by atoms with Crippen LogP contribution in [0.1, 0.15) is 16.8 Å². The maximum absolute atomic E-state index is 13.1. The average Bonchev–Trinajstić information content (AvgIpc) is 2.64. The number of rotatable bonds is 4. The lowest BCUT2D eigenvalue weighted by Gasteiger charge is -2.17. The Balaban J connectivity index is 2.07. The third-order valence-corrected chi connectivity index (χ3v) is 4.25. The summed E-state index contributed by atoms with van der Waals surface area (Å²) in [5, 5.41) is 2.81. The van der Waals surface area contributed by atoms with Gasteiger partial charge in [-0.15, -0.1) is 0 Å². The Hall–Kier alpha value is -3.01. The summed E-state index contributed by atoms with van der Waals surface area (Å²) in [5.41, 5.74) is -3.15. The summed E-state index contributed by atoms with van der Waals surface area (Å²) in [6.07, 6.45) is -9.56. The summed E-state index contributed by atoms with van der Waals surface area (Å²) in [6.45, 7) is -0.178. The number of halogens is 7. The van der Waals surface area contributed by atoms with Crippen molar-refractivity contribution >= 4 is 23.2 Å². The van der Waals surface area contributed by atoms with E-state index in [0.29, 0.717) is 22.7 Å². The van der Waals surface area contributed by atoms with Crippen LogP contribution in [0, 0.1) is 0 Å². The highest BCUT2D eigenvalue weighted by atomic mass is 35.5. The first-order valence-electron chi connectivity index (χ1n) is 8.31. The first-order valence-corrected chi connectivity index (χ1v) is 8.69. The van der Waals surface area contributed by atoms with E-state index in [1.807, 2.05) is 0 Å². The first-order chi connectivity index (χ1) is 13.9. The highest BCUT2D eigenvalue weighted by molar-refractivity contribution is 6.30. The molecule has 1 N–H and O–H groups in total. The van der Waals surface area contributed by atoms with Crippen molar-refractivity contribution in [3.63, 3.8) is 0 Å². The largest absolute Gasteiger partial charge is 0.433 e. The molecule has 3 aromatic rings. The second kappa shape index (κ2) is 8.02. The second-order valence-corrected chi connectivity index (χ2v) is 6.65. The predicted octanol–water partition coefficient (Wildman–Crippen LogP) is 5.73. The molecule has 0 radical (unpaired) electrons. The van der Waals surface area contributed by atoms with Gasteiger partial charge < -0.3 is 5.32 Å². The number of anilines is 2. The van der Waals surface area contributed by atoms with E-state index < -0.39 is 35.1 Å². The first kappa shape index (κ1) is 21.7. The van der Waals surface area contributed by atoms with Crippen LogP contribution in [0.3, 0.4) is 0 Å². The van der Waals surface area contributed by atoms with Crippen molar-refractivity contribution < 1.29 is 26.3 Å². The summed E-state index contributed by atoms with van der Waals surface area (Å²) in [6, 6.07) is 10.3. The van der Waals surface area contributed by atoms with Crippen molar-refractivity contribution in [2.75, 3.05) is 5.32 Å². The quantitative estimate of drug-likeness (QED) is 0.520. The number of nitrogens with zero attached hydrogens (tertiary/aromatic N) is 2. The van der Waals surface area contributed by atoms with Gasteiger partial charge in [0.15, 0.2) is 5.69 Å². The molecule has 0 unspecified atom stereocenters. The summed E-state index contributed by atoms with van der Waals surface area (Å²) in [7, 11) is 0. The van der Waals surface area contributed by atoms with Crippen molar-refractivity contribution in [3.05, 3.63) is 86.8 Å². The van der Waals surface area contributed by atoms with Gasteiger partial charge in [0.25, 0.3) is 5.56 Å². The lowest BCUT2D eigenvalue weighted by atomic mass is 10.2. The van der Waals surface area contributed by atoms with Crippen LogP contribution in [0.25, 0.3) is 0 Å². The van der Waals surface area contributed by atoms with E-state index in [9.17, 15) is 31.1 Å². The van der Waals surface area contributed by atoms with Crippen LogP contribution in [-0.2, 0) is 18.9 Å². The molecule has 1 aromatic heterocycles. The van der Waals surface area contributed by atoms with Crippen LogP contribution in [0.15, 0.2) is 59.4 Å². The average molecular weight is 448 g/mol. The topological polar surface area (TPSA) is 46.9 Å². The van der Waals surface area contributed by atoms with Gasteiger partial charge in [0.05, 0.1) is 12.1 Å². The molecule has 0 amide bonds. The van der Waals surface area contributed by atoms with Crippen LogP contribution in [-0.4, -0.2) is 9.55 Å². The number of alkyl halides is 6. The summed E-state index contributed by atoms with van der Waals surface area (Å²) >= 11 is 5.80. The Kier molecular flexibility index (Phi) is 5.80. The monoisotopic (exact) mass is 447 g/mol. The molecular formula is C19H12ClF6N3O. The standard InChI is InChI=1S/C19H12ClF6N3O/c20-13-6-4-11(5-7-13)10-29-16(30)9-15(19(24,25)26)28-17(29)27-14-3-1-2-12(8-14)18(21,22)23/h1-9H,10H2,(H,27,28). The molecular weight excluding hydrogens is 436 g/mol. The van der Waals surface area contributed by atoms with E-state index in [1.54, 1.807) is 12.1 Å². The van der Waals surface area contributed by atoms with Crippen LogP contribution in [0.5, 0.6) is 0 Å². The molecule has 0 aliphatic rings. The molecule has 3 rings (SSSR count). The number of benzene rings is 2. The minimum absolute atomic E-state index is 0.178. The maximum Gasteiger partial charge on any atom is 0.433 e. The molecule has 0 spiro atoms. The van der Waals surface area contributed by atoms with Gasteiger partial charge in [-0.05, 0) is 35.9 Å². The fourth-order valence-electron chi connectivity index (χ4n) is 2.57. The molecule has 30 heavy (non-hydrogen) atoms. The maximum atomic E-state index is 13.1. The van der Waals surface area contributed by atoms with E-state index in [-0.39, 0.29) is 12.2 Å². The smallest absolute Gasteiger partial charge is 0.325 e. The van der Waals surface area contributed by atoms with Crippen molar-refractivity contribution in [2.24, 2.45) is 0 Å². The van der Waals surface area contributed by atoms with E-state index >= 15 is 0 Å². The van der Waals surface area contributed by atoms with Gasteiger partial charge in [0, 0.05) is 16.8 Å². The van der Waals surface area contributed by atoms with Crippen molar-refractivity contribution in [1.82, 2.24) is 9.55 Å². The molecule has 1 heterocycles. The van der Waals surface area contributed by atoms with Gasteiger partial charge in [-0.3, -0.25) is 9.36 Å². The molecule has 11 heteroatoms. The van der Waals surface area contributed by atoms with E-state index in [1.165, 1.54) is 18.2 Å². The molecule has 2 aromatic carbocycles. The van der Waals surface area contributed by atoms with Gasteiger partial charge in [-0.25, -0.2) is 4.98 Å². The predicted molar refractivity (Wildman–Crippen MR) is 98.8 cm³/mol. The van der Waals surface area contributed by atoms with Gasteiger partial charge in [0.1, 0.15) is 0 Å². The molecule has 0 atom stereocenters. The molecule has 0 fully saturated rings. The number of aromatic nitrogens is 2. The van der Waals surface area contributed by atoms with E-state index in [2.05, 4.69) is 10.3 Å². The minimum Gasteiger partial charge on any atom is -0.325 e. The Morgan fingerprint density at radius 2 is 1.60 bits per heavy atom. The summed E-state index contributed by atoms with van der Waals surface area (Å²) < 4.78 is 79.0.